The molecule has 0 aromatic rings. The number of quaternary nitrogens is 1. The number of rotatable bonds is 6. The predicted octanol–water partition coefficient (Wildman–Crippen LogP) is 0.112. The molecule has 0 spiro atoms. The fourth-order valence-electron chi connectivity index (χ4n) is 0.656. The summed E-state index contributed by atoms with van der Waals surface area (Å²) in [5, 5.41) is 1.82. The topological polar surface area (TPSA) is 75.6 Å². The second-order valence-corrected chi connectivity index (χ2v) is 5.57. The smallest absolute Gasteiger partial charge is 0.329 e. The van der Waals surface area contributed by atoms with Crippen LogP contribution in [0.5, 0.6) is 0 Å². The number of likely N-dealkylation sites (N-methyl/N-ethyl adjacent to an activating group) is 1. The first-order chi connectivity index (χ1) is 6.66. The summed E-state index contributed by atoms with van der Waals surface area (Å²) < 4.78 is 16.5. The van der Waals surface area contributed by atoms with E-state index in [-0.39, 0.29) is 6.61 Å². The maximum Gasteiger partial charge on any atom is 0.432 e. The third kappa shape index (κ3) is 8.32. The summed E-state index contributed by atoms with van der Waals surface area (Å²) in [4.78, 5) is 19.9. The lowest BCUT2D eigenvalue weighted by molar-refractivity contribution is -0.870. The highest BCUT2D eigenvalue weighted by atomic mass is 31.2. The number of nitrogens with one attached hydrogen (secondary N) is 1. The van der Waals surface area contributed by atoms with E-state index >= 15 is 0 Å². The monoisotopic (exact) mass is 237 g/mol. The van der Waals surface area contributed by atoms with Gasteiger partial charge in [0.15, 0.2) is 0 Å². The van der Waals surface area contributed by atoms with Crippen LogP contribution < -0.4 is 5.09 Å². The van der Waals surface area contributed by atoms with E-state index in [2.05, 4.69) is 6.58 Å². The van der Waals surface area contributed by atoms with Gasteiger partial charge in [0.1, 0.15) is 13.2 Å². The number of hydrogen-bond acceptors (Lipinski definition) is 3. The van der Waals surface area contributed by atoms with Crippen LogP contribution in [0.4, 0.5) is 0 Å². The Kier molecular flexibility index (Phi) is 5.17. The van der Waals surface area contributed by atoms with Crippen molar-refractivity contribution in [2.75, 3.05) is 34.3 Å². The van der Waals surface area contributed by atoms with Gasteiger partial charge in [0.2, 0.25) is 0 Å². The Morgan fingerprint density at radius 1 is 1.60 bits per heavy atom. The molecule has 0 aliphatic rings. The van der Waals surface area contributed by atoms with Crippen LogP contribution >= 0.6 is 7.75 Å². The van der Waals surface area contributed by atoms with Crippen molar-refractivity contribution in [3.8, 4) is 0 Å². The summed E-state index contributed by atoms with van der Waals surface area (Å²) in [5.74, 6) is -0.730. The number of amides is 1. The van der Waals surface area contributed by atoms with E-state index in [0.717, 1.165) is 6.08 Å². The molecule has 1 amide bonds. The summed E-state index contributed by atoms with van der Waals surface area (Å²) in [6.45, 7) is 3.82. The second-order valence-electron chi connectivity index (χ2n) is 4.05. The third-order valence-electron chi connectivity index (χ3n) is 1.47. The summed E-state index contributed by atoms with van der Waals surface area (Å²) >= 11 is 0. The molecule has 0 rings (SSSR count). The molecule has 0 bridgehead atoms. The van der Waals surface area contributed by atoms with Crippen molar-refractivity contribution in [2.24, 2.45) is 0 Å². The standard InChI is InChI=1S/C8H17N2O4P/c1-5-8(11)9-15(12,13)14-7-6-10(2,3)4/h5H,1,6-7H2,2-4H3,(H-,9,11,12,13)/p+1. The van der Waals surface area contributed by atoms with E-state index in [4.69, 9.17) is 9.42 Å². The second kappa shape index (κ2) is 5.42. The molecule has 6 nitrogen and oxygen atoms in total. The Morgan fingerprint density at radius 3 is 2.53 bits per heavy atom. The van der Waals surface area contributed by atoms with Gasteiger partial charge in [-0.05, 0) is 6.08 Å². The molecule has 0 saturated carbocycles. The Labute approximate surface area is 89.7 Å². The van der Waals surface area contributed by atoms with E-state index in [1.807, 2.05) is 26.2 Å². The van der Waals surface area contributed by atoms with Crippen molar-refractivity contribution in [2.45, 2.75) is 0 Å². The van der Waals surface area contributed by atoms with Crippen LogP contribution in [0, 0.1) is 0 Å². The van der Waals surface area contributed by atoms with Crippen molar-refractivity contribution < 1.29 is 23.3 Å². The molecule has 0 fully saturated rings. The van der Waals surface area contributed by atoms with Crippen LogP contribution in [0.1, 0.15) is 0 Å². The average molecular weight is 237 g/mol. The van der Waals surface area contributed by atoms with Crippen molar-refractivity contribution in [1.82, 2.24) is 5.09 Å². The normalized spacial score (nSPS) is 15.5. The van der Waals surface area contributed by atoms with Gasteiger partial charge in [0, 0.05) is 0 Å². The van der Waals surface area contributed by atoms with Gasteiger partial charge in [-0.15, -0.1) is 0 Å². The largest absolute Gasteiger partial charge is 0.432 e. The molecule has 0 heterocycles. The van der Waals surface area contributed by atoms with E-state index in [0.29, 0.717) is 11.0 Å². The lowest BCUT2D eigenvalue weighted by Crippen LogP contribution is -2.37. The molecule has 15 heavy (non-hydrogen) atoms. The molecule has 0 saturated heterocycles. The van der Waals surface area contributed by atoms with Gasteiger partial charge in [0.25, 0.3) is 5.91 Å². The molecule has 2 N–H and O–H groups in total. The highest BCUT2D eigenvalue weighted by Gasteiger charge is 2.22. The highest BCUT2D eigenvalue weighted by Crippen LogP contribution is 2.36. The summed E-state index contributed by atoms with van der Waals surface area (Å²) in [5.41, 5.74) is 0. The molecular weight excluding hydrogens is 219 g/mol. The molecule has 0 radical (unpaired) electrons. The summed E-state index contributed by atoms with van der Waals surface area (Å²) in [6.07, 6.45) is 0.909. The Hall–Kier alpha value is -0.680. The molecule has 0 aliphatic carbocycles. The Balaban J connectivity index is 4.00. The first kappa shape index (κ1) is 14.3. The van der Waals surface area contributed by atoms with Gasteiger partial charge in [-0.1, -0.05) is 6.58 Å². The van der Waals surface area contributed by atoms with Gasteiger partial charge in [-0.2, -0.15) is 0 Å². The number of nitrogens with zero attached hydrogens (tertiary/aromatic N) is 1. The molecule has 0 aromatic carbocycles. The van der Waals surface area contributed by atoms with Gasteiger partial charge in [-0.3, -0.25) is 14.4 Å². The maximum atomic E-state index is 11.2. The van der Waals surface area contributed by atoms with Crippen molar-refractivity contribution in [3.05, 3.63) is 12.7 Å². The van der Waals surface area contributed by atoms with E-state index in [1.54, 1.807) is 0 Å². The minimum absolute atomic E-state index is 0.0920. The molecule has 88 valence electrons. The van der Waals surface area contributed by atoms with E-state index in [1.165, 1.54) is 0 Å². The molecule has 0 aromatic heterocycles. The minimum atomic E-state index is -4.03. The first-order valence-electron chi connectivity index (χ1n) is 4.39. The summed E-state index contributed by atoms with van der Waals surface area (Å²) in [7, 11) is 1.74. The van der Waals surface area contributed by atoms with Crippen molar-refractivity contribution in [3.63, 3.8) is 0 Å². The van der Waals surface area contributed by atoms with Crippen LogP contribution in [-0.2, 0) is 13.9 Å². The van der Waals surface area contributed by atoms with Crippen LogP contribution in [0.25, 0.3) is 0 Å². The van der Waals surface area contributed by atoms with E-state index < -0.39 is 13.7 Å². The first-order valence-corrected chi connectivity index (χ1v) is 5.96. The molecule has 1 atom stereocenters. The third-order valence-corrected chi connectivity index (χ3v) is 2.50. The molecule has 7 heteroatoms. The van der Waals surface area contributed by atoms with Crippen molar-refractivity contribution >= 4 is 13.7 Å². The minimum Gasteiger partial charge on any atom is -0.329 e. The zero-order valence-corrected chi connectivity index (χ0v) is 10.2. The maximum absolute atomic E-state index is 11.2. The predicted molar refractivity (Wildman–Crippen MR) is 57.0 cm³/mol. The van der Waals surface area contributed by atoms with Gasteiger partial charge >= 0.3 is 7.75 Å². The van der Waals surface area contributed by atoms with Crippen LogP contribution in [0.2, 0.25) is 0 Å². The van der Waals surface area contributed by atoms with Gasteiger partial charge in [-0.25, -0.2) is 4.57 Å². The number of carbonyl (C=O) groups excluding carboxylic acids is 1. The lowest BCUT2D eigenvalue weighted by Gasteiger charge is -2.24. The Morgan fingerprint density at radius 2 is 2.13 bits per heavy atom. The molecule has 1 unspecified atom stereocenters. The average Bonchev–Trinajstić information content (AvgIpc) is 2.00. The molecule has 0 aliphatic heterocycles. The number of carbonyl (C=O) groups is 1. The quantitative estimate of drug-likeness (QED) is 0.390. The van der Waals surface area contributed by atoms with Crippen LogP contribution in [-0.4, -0.2) is 49.6 Å². The van der Waals surface area contributed by atoms with Gasteiger partial charge < -0.3 is 9.38 Å². The lowest BCUT2D eigenvalue weighted by atomic mass is 10.5. The number of hydrogen-bond donors (Lipinski definition) is 2. The fourth-order valence-corrected chi connectivity index (χ4v) is 1.42. The highest BCUT2D eigenvalue weighted by molar-refractivity contribution is 7.51. The Bertz CT molecular complexity index is 285. The zero-order valence-electron chi connectivity index (χ0n) is 9.27. The SMILES string of the molecule is C=CC(=O)NP(=O)(O)OCC[N+](C)(C)C. The fraction of sp³-hybridized carbons (Fsp3) is 0.625. The van der Waals surface area contributed by atoms with Crippen molar-refractivity contribution in [1.29, 1.82) is 0 Å². The summed E-state index contributed by atoms with van der Waals surface area (Å²) in [6, 6.07) is 0. The van der Waals surface area contributed by atoms with Crippen LogP contribution in [0.15, 0.2) is 12.7 Å². The molecular formula is C8H18N2O4P+. The van der Waals surface area contributed by atoms with E-state index in [9.17, 15) is 9.36 Å². The zero-order chi connectivity index (χ0) is 12.1. The van der Waals surface area contributed by atoms with Gasteiger partial charge in [0.05, 0.1) is 21.1 Å². The van der Waals surface area contributed by atoms with Crippen LogP contribution in [0.3, 0.4) is 0 Å².